The lowest BCUT2D eigenvalue weighted by Crippen LogP contribution is -2.34. The lowest BCUT2D eigenvalue weighted by molar-refractivity contribution is -0.130. The average Bonchev–Trinajstić information content (AvgIpc) is 2.81. The van der Waals surface area contributed by atoms with Gasteiger partial charge in [-0.3, -0.25) is 9.59 Å². The molecule has 1 N–H and O–H groups in total. The van der Waals surface area contributed by atoms with E-state index >= 15 is 0 Å². The fraction of sp³-hybridized carbons (Fsp3) is 0.500. The zero-order chi connectivity index (χ0) is 15.9. The predicted octanol–water partition coefficient (Wildman–Crippen LogP) is 2.04. The molecule has 0 aromatic heterocycles. The molecule has 1 heterocycles. The summed E-state index contributed by atoms with van der Waals surface area (Å²) < 4.78 is 18.4. The maximum atomic E-state index is 13.6. The first-order chi connectivity index (χ1) is 10.6. The molecule has 1 saturated heterocycles. The Morgan fingerprint density at radius 2 is 2.04 bits per heavy atom. The van der Waals surface area contributed by atoms with Gasteiger partial charge in [-0.1, -0.05) is 0 Å². The summed E-state index contributed by atoms with van der Waals surface area (Å²) in [5, 5.41) is 3.23. The van der Waals surface area contributed by atoms with Crippen molar-refractivity contribution in [3.63, 3.8) is 0 Å². The van der Waals surface area contributed by atoms with Crippen LogP contribution in [0.15, 0.2) is 18.2 Å². The zero-order valence-electron chi connectivity index (χ0n) is 13.1. The highest BCUT2D eigenvalue weighted by Crippen LogP contribution is 2.19. The van der Waals surface area contributed by atoms with E-state index in [0.717, 1.165) is 32.1 Å². The molecule has 1 aliphatic heterocycles. The molecule has 128 valence electrons. The van der Waals surface area contributed by atoms with Crippen LogP contribution in [0, 0.1) is 5.82 Å². The number of nitrogens with zero attached hydrogens (tertiary/aromatic N) is 1. The SMILES string of the molecule is COc1ccc(C(=O)CCC(=O)N2CCCNCC2)cc1F.Cl. The molecule has 0 radical (unpaired) electrons. The van der Waals surface area contributed by atoms with Crippen molar-refractivity contribution in [3.05, 3.63) is 29.6 Å². The number of carbonyl (C=O) groups is 2. The van der Waals surface area contributed by atoms with Crippen LogP contribution in [-0.2, 0) is 4.79 Å². The van der Waals surface area contributed by atoms with E-state index in [1.54, 1.807) is 4.90 Å². The number of hydrogen-bond donors (Lipinski definition) is 1. The van der Waals surface area contributed by atoms with E-state index < -0.39 is 5.82 Å². The summed E-state index contributed by atoms with van der Waals surface area (Å²) in [4.78, 5) is 25.9. The van der Waals surface area contributed by atoms with Crippen molar-refractivity contribution in [1.82, 2.24) is 10.2 Å². The molecule has 1 aromatic carbocycles. The minimum Gasteiger partial charge on any atom is -0.494 e. The molecule has 5 nitrogen and oxygen atoms in total. The number of hydrogen-bond acceptors (Lipinski definition) is 4. The zero-order valence-corrected chi connectivity index (χ0v) is 14.0. The van der Waals surface area contributed by atoms with Gasteiger partial charge >= 0.3 is 0 Å². The summed E-state index contributed by atoms with van der Waals surface area (Å²) in [5.74, 6) is -0.725. The van der Waals surface area contributed by atoms with Gasteiger partial charge in [0.15, 0.2) is 17.3 Å². The van der Waals surface area contributed by atoms with Crippen molar-refractivity contribution in [2.24, 2.45) is 0 Å². The molecule has 23 heavy (non-hydrogen) atoms. The van der Waals surface area contributed by atoms with Crippen LogP contribution in [0.2, 0.25) is 0 Å². The lowest BCUT2D eigenvalue weighted by atomic mass is 10.1. The molecule has 0 bridgehead atoms. The summed E-state index contributed by atoms with van der Waals surface area (Å²) in [7, 11) is 1.37. The van der Waals surface area contributed by atoms with Crippen LogP contribution in [0.3, 0.4) is 0 Å². The predicted molar refractivity (Wildman–Crippen MR) is 87.8 cm³/mol. The van der Waals surface area contributed by atoms with Crippen LogP contribution in [0.4, 0.5) is 4.39 Å². The van der Waals surface area contributed by atoms with Crippen LogP contribution < -0.4 is 10.1 Å². The van der Waals surface area contributed by atoms with E-state index in [4.69, 9.17) is 4.74 Å². The Balaban J connectivity index is 0.00000264. The van der Waals surface area contributed by atoms with E-state index in [2.05, 4.69) is 5.32 Å². The van der Waals surface area contributed by atoms with Gasteiger partial charge in [0, 0.05) is 38.0 Å². The second kappa shape index (κ2) is 9.47. The Hall–Kier alpha value is -1.66. The molecule has 0 saturated carbocycles. The van der Waals surface area contributed by atoms with Gasteiger partial charge in [-0.25, -0.2) is 4.39 Å². The third kappa shape index (κ3) is 5.48. The third-order valence-corrected chi connectivity index (χ3v) is 3.73. The molecule has 1 aliphatic rings. The minimum atomic E-state index is -0.571. The van der Waals surface area contributed by atoms with Crippen molar-refractivity contribution >= 4 is 24.1 Å². The topological polar surface area (TPSA) is 58.6 Å². The molecule has 1 amide bonds. The Bertz CT molecular complexity index is 546. The molecule has 0 aliphatic carbocycles. The number of carbonyl (C=O) groups excluding carboxylic acids is 2. The Morgan fingerprint density at radius 1 is 1.26 bits per heavy atom. The molecule has 1 fully saturated rings. The van der Waals surface area contributed by atoms with Crippen molar-refractivity contribution in [2.75, 3.05) is 33.3 Å². The van der Waals surface area contributed by atoms with E-state index in [1.807, 2.05) is 0 Å². The maximum Gasteiger partial charge on any atom is 0.223 e. The smallest absolute Gasteiger partial charge is 0.223 e. The third-order valence-electron chi connectivity index (χ3n) is 3.73. The van der Waals surface area contributed by atoms with Gasteiger partial charge in [0.1, 0.15) is 0 Å². The summed E-state index contributed by atoms with van der Waals surface area (Å²) in [5.41, 5.74) is 0.267. The van der Waals surface area contributed by atoms with Crippen LogP contribution in [0.5, 0.6) is 5.75 Å². The number of nitrogens with one attached hydrogen (secondary N) is 1. The molecular formula is C16H22ClFN2O3. The number of ether oxygens (including phenoxy) is 1. The van der Waals surface area contributed by atoms with E-state index in [-0.39, 0.29) is 48.3 Å². The molecule has 0 unspecified atom stereocenters. The van der Waals surface area contributed by atoms with Gasteiger partial charge in [-0.05, 0) is 31.2 Å². The number of ketones is 1. The number of methoxy groups -OCH3 is 1. The minimum absolute atomic E-state index is 0. The van der Waals surface area contributed by atoms with Crippen molar-refractivity contribution < 1.29 is 18.7 Å². The van der Waals surface area contributed by atoms with Gasteiger partial charge in [-0.2, -0.15) is 0 Å². The molecule has 0 spiro atoms. The number of amides is 1. The van der Waals surface area contributed by atoms with E-state index in [9.17, 15) is 14.0 Å². The van der Waals surface area contributed by atoms with Crippen LogP contribution in [0.1, 0.15) is 29.6 Å². The Kier molecular flexibility index (Phi) is 7.98. The van der Waals surface area contributed by atoms with Crippen LogP contribution in [-0.4, -0.2) is 49.9 Å². The molecule has 1 aromatic rings. The van der Waals surface area contributed by atoms with Crippen LogP contribution in [0.25, 0.3) is 0 Å². The highest BCUT2D eigenvalue weighted by Gasteiger charge is 2.17. The maximum absolute atomic E-state index is 13.6. The number of Topliss-reactive ketones (excluding diaryl/α,β-unsaturated/α-hetero) is 1. The number of halogens is 2. The number of benzene rings is 1. The fourth-order valence-corrected chi connectivity index (χ4v) is 2.46. The molecular weight excluding hydrogens is 323 g/mol. The fourth-order valence-electron chi connectivity index (χ4n) is 2.46. The van der Waals surface area contributed by atoms with E-state index in [1.165, 1.54) is 19.2 Å². The first-order valence-electron chi connectivity index (χ1n) is 7.47. The molecule has 0 atom stereocenters. The Labute approximate surface area is 141 Å². The monoisotopic (exact) mass is 344 g/mol. The largest absolute Gasteiger partial charge is 0.494 e. The van der Waals surface area contributed by atoms with Gasteiger partial charge in [0.2, 0.25) is 5.91 Å². The highest BCUT2D eigenvalue weighted by molar-refractivity contribution is 5.98. The first-order valence-corrected chi connectivity index (χ1v) is 7.47. The molecule has 2 rings (SSSR count). The number of rotatable bonds is 5. The van der Waals surface area contributed by atoms with Gasteiger partial charge < -0.3 is 15.0 Å². The van der Waals surface area contributed by atoms with Crippen molar-refractivity contribution in [2.45, 2.75) is 19.3 Å². The highest BCUT2D eigenvalue weighted by atomic mass is 35.5. The van der Waals surface area contributed by atoms with Gasteiger partial charge in [0.25, 0.3) is 0 Å². The summed E-state index contributed by atoms with van der Waals surface area (Å²) in [6, 6.07) is 4.09. The summed E-state index contributed by atoms with van der Waals surface area (Å²) in [6.07, 6.45) is 1.17. The quantitative estimate of drug-likeness (QED) is 0.830. The standard InChI is InChI=1S/C16H21FN2O3.ClH/c1-22-15-5-3-12(11-13(15)17)14(20)4-6-16(21)19-9-2-7-18-8-10-19;/h3,5,11,18H,2,4,6-10H2,1H3;1H. The summed E-state index contributed by atoms with van der Waals surface area (Å²) >= 11 is 0. The van der Waals surface area contributed by atoms with Crippen molar-refractivity contribution in [3.8, 4) is 5.75 Å². The second-order valence-electron chi connectivity index (χ2n) is 5.26. The lowest BCUT2D eigenvalue weighted by Gasteiger charge is -2.19. The summed E-state index contributed by atoms with van der Waals surface area (Å²) in [6.45, 7) is 3.08. The second-order valence-corrected chi connectivity index (χ2v) is 5.26. The van der Waals surface area contributed by atoms with Crippen molar-refractivity contribution in [1.29, 1.82) is 0 Å². The Morgan fingerprint density at radius 3 is 2.74 bits per heavy atom. The first kappa shape index (κ1) is 19.4. The van der Waals surface area contributed by atoms with Gasteiger partial charge in [-0.15, -0.1) is 12.4 Å². The average molecular weight is 345 g/mol. The molecule has 7 heteroatoms. The van der Waals surface area contributed by atoms with Gasteiger partial charge in [0.05, 0.1) is 7.11 Å². The van der Waals surface area contributed by atoms with E-state index in [0.29, 0.717) is 6.54 Å². The normalized spacial score (nSPS) is 14.6. The van der Waals surface area contributed by atoms with Crippen LogP contribution >= 0.6 is 12.4 Å².